The number of anilines is 1. The van der Waals surface area contributed by atoms with Crippen molar-refractivity contribution < 1.29 is 24.2 Å². The van der Waals surface area contributed by atoms with Crippen molar-refractivity contribution in [2.75, 3.05) is 4.90 Å². The van der Waals surface area contributed by atoms with Gasteiger partial charge in [-0.25, -0.2) is 9.69 Å². The highest BCUT2D eigenvalue weighted by molar-refractivity contribution is 6.35. The Morgan fingerprint density at radius 3 is 2.20 bits per heavy atom. The zero-order valence-electron chi connectivity index (χ0n) is 19.4. The molecule has 35 heavy (non-hydrogen) atoms. The number of ether oxygens (including phenoxy) is 2. The third kappa shape index (κ3) is 6.57. The van der Waals surface area contributed by atoms with Crippen LogP contribution in [-0.4, -0.2) is 28.2 Å². The Hall–Kier alpha value is -3.93. The number of rotatable bonds is 7. The van der Waals surface area contributed by atoms with E-state index in [1.807, 2.05) is 6.07 Å². The van der Waals surface area contributed by atoms with Gasteiger partial charge in [-0.2, -0.15) is 5.26 Å². The Balaban J connectivity index is 1.81. The van der Waals surface area contributed by atoms with Crippen molar-refractivity contribution in [3.63, 3.8) is 0 Å². The van der Waals surface area contributed by atoms with Crippen LogP contribution < -0.4 is 9.64 Å². The van der Waals surface area contributed by atoms with Crippen molar-refractivity contribution in [3.8, 4) is 17.6 Å². The predicted octanol–water partition coefficient (Wildman–Crippen LogP) is 5.57. The third-order valence-corrected chi connectivity index (χ3v) is 5.19. The van der Waals surface area contributed by atoms with Crippen molar-refractivity contribution in [3.05, 3.63) is 82.6 Å². The fraction of sp³-hybridized carbons (Fsp3) is 0.231. The van der Waals surface area contributed by atoms with Gasteiger partial charge in [-0.3, -0.25) is 9.78 Å². The lowest BCUT2D eigenvalue weighted by atomic mass is 10.1. The van der Waals surface area contributed by atoms with Gasteiger partial charge in [-0.15, -0.1) is 0 Å². The maximum Gasteiger partial charge on any atom is 0.421 e. The van der Waals surface area contributed by atoms with Gasteiger partial charge in [0.2, 0.25) is 5.91 Å². The molecule has 1 N–H and O–H groups in total. The summed E-state index contributed by atoms with van der Waals surface area (Å²) < 4.78 is 11.0. The molecule has 0 saturated heterocycles. The zero-order chi connectivity index (χ0) is 25.5. The van der Waals surface area contributed by atoms with E-state index >= 15 is 0 Å². The van der Waals surface area contributed by atoms with Gasteiger partial charge in [0, 0.05) is 6.20 Å². The van der Waals surface area contributed by atoms with Gasteiger partial charge in [0.1, 0.15) is 11.5 Å². The average molecular weight is 494 g/mol. The molecule has 0 spiro atoms. The Morgan fingerprint density at radius 2 is 1.66 bits per heavy atom. The second kappa shape index (κ2) is 11.5. The fourth-order valence-corrected chi connectivity index (χ4v) is 3.52. The number of carbonyl (C=O) groups is 2. The molecule has 8 nitrogen and oxygen atoms in total. The quantitative estimate of drug-likeness (QED) is 0.457. The van der Waals surface area contributed by atoms with Gasteiger partial charge in [-0.1, -0.05) is 23.7 Å². The van der Waals surface area contributed by atoms with Crippen LogP contribution in [-0.2, 0) is 16.0 Å². The number of aliphatic hydroxyl groups is 1. The number of aromatic nitrogens is 1. The van der Waals surface area contributed by atoms with Crippen molar-refractivity contribution in [1.29, 1.82) is 5.26 Å². The predicted molar refractivity (Wildman–Crippen MR) is 130 cm³/mol. The van der Waals surface area contributed by atoms with Gasteiger partial charge < -0.3 is 14.6 Å². The molecule has 0 aliphatic carbocycles. The standard InChI is InChI=1S/C26H24ClN3O5/c1-16(2)34-26(33)30(22-12-13-29-25(17(3)31)24(22)27)23(32)14-18-4-8-20(9-5-18)35-21-10-6-19(15-28)7-11-21/h4-13,16-17,31H,14H2,1-3H3. The Bertz CT molecular complexity index is 1240. The molecule has 0 aliphatic heterocycles. The van der Waals surface area contributed by atoms with Crippen molar-refractivity contribution in [2.45, 2.75) is 39.4 Å². The van der Waals surface area contributed by atoms with E-state index in [1.165, 1.54) is 19.2 Å². The Labute approximate surface area is 208 Å². The first-order valence-electron chi connectivity index (χ1n) is 10.8. The zero-order valence-corrected chi connectivity index (χ0v) is 20.2. The lowest BCUT2D eigenvalue weighted by Crippen LogP contribution is -2.40. The number of nitrogens with zero attached hydrogens (tertiary/aromatic N) is 3. The maximum absolute atomic E-state index is 13.2. The number of nitriles is 1. The molecule has 180 valence electrons. The number of halogens is 1. The number of hydrogen-bond acceptors (Lipinski definition) is 7. The summed E-state index contributed by atoms with van der Waals surface area (Å²) in [6.45, 7) is 4.82. The number of aliphatic hydroxyl groups excluding tert-OH is 1. The normalized spacial score (nSPS) is 11.5. The lowest BCUT2D eigenvalue weighted by molar-refractivity contribution is -0.117. The molecule has 3 aromatic rings. The first-order chi connectivity index (χ1) is 16.7. The first-order valence-corrected chi connectivity index (χ1v) is 11.2. The number of benzene rings is 2. The van der Waals surface area contributed by atoms with Gasteiger partial charge in [0.15, 0.2) is 0 Å². The second-order valence-electron chi connectivity index (χ2n) is 7.93. The molecular formula is C26H24ClN3O5. The second-order valence-corrected chi connectivity index (χ2v) is 8.30. The van der Waals surface area contributed by atoms with Crippen molar-refractivity contribution >= 4 is 29.3 Å². The highest BCUT2D eigenvalue weighted by Gasteiger charge is 2.29. The summed E-state index contributed by atoms with van der Waals surface area (Å²) in [6, 6.07) is 17.0. The van der Waals surface area contributed by atoms with Gasteiger partial charge in [0.25, 0.3) is 0 Å². The molecule has 1 heterocycles. The molecule has 0 saturated carbocycles. The smallest absolute Gasteiger partial charge is 0.421 e. The molecule has 0 fully saturated rings. The molecule has 1 unspecified atom stereocenters. The van der Waals surface area contributed by atoms with Crippen LogP contribution in [0.1, 0.15) is 43.7 Å². The monoisotopic (exact) mass is 493 g/mol. The van der Waals surface area contributed by atoms with E-state index in [0.717, 1.165) is 4.90 Å². The summed E-state index contributed by atoms with van der Waals surface area (Å²) in [4.78, 5) is 30.9. The maximum atomic E-state index is 13.2. The summed E-state index contributed by atoms with van der Waals surface area (Å²) in [5.74, 6) is 0.540. The molecule has 0 bridgehead atoms. The van der Waals surface area contributed by atoms with E-state index in [1.54, 1.807) is 62.4 Å². The molecule has 0 radical (unpaired) electrons. The van der Waals surface area contributed by atoms with Gasteiger partial charge >= 0.3 is 6.09 Å². The van der Waals surface area contributed by atoms with Crippen LogP contribution in [0.25, 0.3) is 0 Å². The molecular weight excluding hydrogens is 470 g/mol. The molecule has 2 aromatic carbocycles. The number of imide groups is 1. The fourth-order valence-electron chi connectivity index (χ4n) is 3.16. The van der Waals surface area contributed by atoms with Crippen molar-refractivity contribution in [2.24, 2.45) is 0 Å². The minimum absolute atomic E-state index is 0.0114. The molecule has 1 aromatic heterocycles. The number of pyridine rings is 1. The van der Waals surface area contributed by atoms with Crippen LogP contribution in [0.3, 0.4) is 0 Å². The van der Waals surface area contributed by atoms with Crippen LogP contribution in [0.5, 0.6) is 11.5 Å². The highest BCUT2D eigenvalue weighted by atomic mass is 35.5. The highest BCUT2D eigenvalue weighted by Crippen LogP contribution is 2.32. The summed E-state index contributed by atoms with van der Waals surface area (Å²) in [7, 11) is 0. The van der Waals surface area contributed by atoms with Crippen molar-refractivity contribution in [1.82, 2.24) is 4.98 Å². The Morgan fingerprint density at radius 1 is 1.06 bits per heavy atom. The van der Waals surface area contributed by atoms with Crippen LogP contribution in [0.15, 0.2) is 60.8 Å². The Kier molecular flexibility index (Phi) is 8.42. The SMILES string of the molecule is CC(C)OC(=O)N(C(=O)Cc1ccc(Oc2ccc(C#N)cc2)cc1)c1ccnc(C(C)O)c1Cl. The van der Waals surface area contributed by atoms with Crippen LogP contribution in [0.4, 0.5) is 10.5 Å². The largest absolute Gasteiger partial charge is 0.457 e. The van der Waals surface area contributed by atoms with Crippen LogP contribution >= 0.6 is 11.6 Å². The van der Waals surface area contributed by atoms with Gasteiger partial charge in [0.05, 0.1) is 46.7 Å². The summed E-state index contributed by atoms with van der Waals surface area (Å²) >= 11 is 6.38. The summed E-state index contributed by atoms with van der Waals surface area (Å²) in [5.41, 5.74) is 1.38. The minimum Gasteiger partial charge on any atom is -0.457 e. The summed E-state index contributed by atoms with van der Waals surface area (Å²) in [5, 5.41) is 18.8. The first kappa shape index (κ1) is 25.7. The van der Waals surface area contributed by atoms with Gasteiger partial charge in [-0.05, 0) is 68.8 Å². The molecule has 2 amide bonds. The van der Waals surface area contributed by atoms with Crippen LogP contribution in [0, 0.1) is 11.3 Å². The topological polar surface area (TPSA) is 113 Å². The molecule has 3 rings (SSSR count). The number of carbonyl (C=O) groups excluding carboxylic acids is 2. The van der Waals surface area contributed by atoms with E-state index in [-0.39, 0.29) is 22.8 Å². The molecule has 0 aliphatic rings. The van der Waals surface area contributed by atoms with E-state index in [2.05, 4.69) is 4.98 Å². The number of hydrogen-bond donors (Lipinski definition) is 1. The van der Waals surface area contributed by atoms with E-state index in [9.17, 15) is 14.7 Å². The summed E-state index contributed by atoms with van der Waals surface area (Å²) in [6.07, 6.45) is -1.10. The minimum atomic E-state index is -0.996. The average Bonchev–Trinajstić information content (AvgIpc) is 2.81. The number of amides is 2. The van der Waals surface area contributed by atoms with Crippen LogP contribution in [0.2, 0.25) is 5.02 Å². The molecule has 9 heteroatoms. The molecule has 1 atom stereocenters. The third-order valence-electron chi connectivity index (χ3n) is 4.80. The lowest BCUT2D eigenvalue weighted by Gasteiger charge is -2.24. The van der Waals surface area contributed by atoms with E-state index < -0.39 is 24.2 Å². The van der Waals surface area contributed by atoms with E-state index in [4.69, 9.17) is 26.3 Å². The van der Waals surface area contributed by atoms with E-state index in [0.29, 0.717) is 22.6 Å².